The number of phosphoric ester groups is 3. The van der Waals surface area contributed by atoms with E-state index in [2.05, 4.69) is 64.5 Å². The number of aromatic nitrogens is 4. The first-order chi connectivity index (χ1) is 33.5. The predicted octanol–water partition coefficient (Wildman–Crippen LogP) is -1.48. The monoisotopic (exact) mass is 1230 g/mol. The van der Waals surface area contributed by atoms with Crippen molar-refractivity contribution in [2.45, 2.75) is 69.0 Å². The standard InChI is InChI=1S/C15H25N3O15P4.C13H21N3O17P4/c1-34(21,22)6-4-2-3-5-10-8-18(15(20)17-14(10)16)13-7-11(19)12(31-13)9-30-36(26,27)33-37(28,29)32-35(23,24)25;14-12-8(3-1-2-4-29-34(19,20)21)6-16(13(18)15-12)11-5-9(17)10(31-11)7-30-36(25,26)33-37(27,28)32-35(22,23)24/h8,11-13,19H,2,4,6-7,9H2,1H3,(H,21,22)(H,26,27)(H,28,29)(H2,16,17,20)(H2,23,24,25);6,9-11,17H,2,4-5,7H2,(H,25,26)(H,27,28)(H2,14,15,18)(H2,19,20,21)(H2,22,23,24). The maximum atomic E-state index is 12.3. The maximum absolute atomic E-state index is 12.3. The number of unbranched alkanes of at least 4 members (excludes halogenated alkanes) is 1. The van der Waals surface area contributed by atoms with E-state index in [1.165, 1.54) is 12.9 Å². The lowest BCUT2D eigenvalue weighted by Gasteiger charge is -2.19. The molecule has 0 amide bonds. The first-order valence-electron chi connectivity index (χ1n) is 19.5. The predicted molar refractivity (Wildman–Crippen MR) is 241 cm³/mol. The summed E-state index contributed by atoms with van der Waals surface area (Å²) in [6.07, 6.45) is -5.57. The number of nitrogens with two attached hydrogens (primary N) is 2. The Bertz CT molecular complexity index is 2780. The van der Waals surface area contributed by atoms with Crippen LogP contribution in [-0.4, -0.2) is 140 Å². The third-order valence-corrected chi connectivity index (χ3v) is 17.7. The first kappa shape index (κ1) is 65.7. The van der Waals surface area contributed by atoms with Gasteiger partial charge in [-0.1, -0.05) is 23.7 Å². The van der Waals surface area contributed by atoms with Gasteiger partial charge in [-0.2, -0.15) is 27.2 Å². The Morgan fingerprint density at radius 2 is 0.973 bits per heavy atom. The summed E-state index contributed by atoms with van der Waals surface area (Å²) in [6, 6.07) is 0. The van der Waals surface area contributed by atoms with E-state index in [-0.39, 0.29) is 54.6 Å². The number of hydrogen-bond donors (Lipinski definition) is 15. The summed E-state index contributed by atoms with van der Waals surface area (Å²) in [6.45, 7) is -1.05. The van der Waals surface area contributed by atoms with Crippen molar-refractivity contribution >= 4 is 73.8 Å². The molecule has 4 heterocycles. The van der Waals surface area contributed by atoms with Crippen LogP contribution in [0.3, 0.4) is 0 Å². The Morgan fingerprint density at radius 1 is 0.595 bits per heavy atom. The molecule has 17 N–H and O–H groups in total. The molecule has 2 saturated heterocycles. The van der Waals surface area contributed by atoms with Gasteiger partial charge < -0.3 is 85.0 Å². The van der Waals surface area contributed by atoms with Gasteiger partial charge in [0.1, 0.15) is 36.3 Å². The van der Waals surface area contributed by atoms with E-state index < -0.39 is 130 Å². The summed E-state index contributed by atoms with van der Waals surface area (Å²) >= 11 is 0. The number of aliphatic hydroxyl groups excluding tert-OH is 2. The largest absolute Gasteiger partial charge is 0.490 e. The molecule has 420 valence electrons. The van der Waals surface area contributed by atoms with Gasteiger partial charge in [0.25, 0.3) is 0 Å². The van der Waals surface area contributed by atoms with Crippen LogP contribution in [-0.2, 0) is 76.8 Å². The van der Waals surface area contributed by atoms with Crippen molar-refractivity contribution in [3.8, 4) is 23.7 Å². The van der Waals surface area contributed by atoms with Crippen LogP contribution in [0.1, 0.15) is 55.7 Å². The van der Waals surface area contributed by atoms with Crippen molar-refractivity contribution in [2.75, 3.05) is 44.1 Å². The second-order valence-electron chi connectivity index (χ2n) is 14.7. The molecule has 0 radical (unpaired) electrons. The zero-order chi connectivity index (χ0) is 56.5. The molecule has 2 aromatic rings. The van der Waals surface area contributed by atoms with Crippen LogP contribution in [0.5, 0.6) is 0 Å². The highest BCUT2D eigenvalue weighted by molar-refractivity contribution is 7.67. The summed E-state index contributed by atoms with van der Waals surface area (Å²) in [5.41, 5.74) is 9.68. The molecular weight excluding hydrogens is 1180 g/mol. The molecule has 11 atom stereocenters. The molecule has 0 saturated carbocycles. The van der Waals surface area contributed by atoms with E-state index >= 15 is 0 Å². The Hall–Kier alpha value is -2.56. The summed E-state index contributed by atoms with van der Waals surface area (Å²) < 4.78 is 130. The smallest absolute Gasteiger partial charge is 0.390 e. The van der Waals surface area contributed by atoms with Crippen molar-refractivity contribution in [1.82, 2.24) is 19.1 Å². The minimum atomic E-state index is -5.74. The maximum Gasteiger partial charge on any atom is 0.490 e. The number of anilines is 2. The molecule has 74 heavy (non-hydrogen) atoms. The molecule has 2 fully saturated rings. The molecule has 0 aromatic carbocycles. The van der Waals surface area contributed by atoms with E-state index in [9.17, 15) is 71.0 Å². The fraction of sp³-hybridized carbons (Fsp3) is 0.571. The lowest BCUT2D eigenvalue weighted by Crippen LogP contribution is -2.29. The number of rotatable bonds is 22. The Labute approximate surface area is 414 Å². The second kappa shape index (κ2) is 26.4. The lowest BCUT2D eigenvalue weighted by atomic mass is 10.2. The van der Waals surface area contributed by atoms with E-state index in [0.717, 1.165) is 15.3 Å². The summed E-state index contributed by atoms with van der Waals surface area (Å²) in [4.78, 5) is 130. The van der Waals surface area contributed by atoms with Crippen molar-refractivity contribution in [3.05, 3.63) is 44.5 Å². The van der Waals surface area contributed by atoms with Crippen LogP contribution in [0.2, 0.25) is 0 Å². The minimum Gasteiger partial charge on any atom is -0.390 e. The Balaban J connectivity index is 0.000000390. The van der Waals surface area contributed by atoms with Crippen LogP contribution in [0.15, 0.2) is 22.0 Å². The molecule has 0 spiro atoms. The third kappa shape index (κ3) is 24.4. The van der Waals surface area contributed by atoms with Crippen LogP contribution in [0.25, 0.3) is 0 Å². The summed E-state index contributed by atoms with van der Waals surface area (Å²) in [5.74, 6) is 9.96. The highest BCUT2D eigenvalue weighted by Gasteiger charge is 2.45. The van der Waals surface area contributed by atoms with Crippen molar-refractivity contribution in [2.24, 2.45) is 0 Å². The minimum absolute atomic E-state index is 0.00517. The molecule has 2 aromatic heterocycles. The molecule has 38 nitrogen and oxygen atoms in total. The van der Waals surface area contributed by atoms with Gasteiger partial charge >= 0.3 is 66.1 Å². The fourth-order valence-corrected chi connectivity index (χ4v) is 12.7. The van der Waals surface area contributed by atoms with Gasteiger partial charge in [-0.15, -0.1) is 0 Å². The number of hydrogen-bond acceptors (Lipinski definition) is 25. The van der Waals surface area contributed by atoms with Gasteiger partial charge in [0.15, 0.2) is 7.37 Å². The number of phosphoric acid groups is 7. The van der Waals surface area contributed by atoms with E-state index in [1.54, 1.807) is 0 Å². The average Bonchev–Trinajstić information content (AvgIpc) is 3.74. The van der Waals surface area contributed by atoms with E-state index in [4.69, 9.17) is 60.1 Å². The zero-order valence-electron chi connectivity index (χ0n) is 37.1. The first-order valence-corrected chi connectivity index (χ1v) is 32.4. The number of ether oxygens (including phenoxy) is 2. The molecule has 2 aliphatic heterocycles. The number of aliphatic hydroxyl groups is 2. The second-order valence-corrected chi connectivity index (χ2v) is 27.3. The van der Waals surface area contributed by atoms with E-state index in [0.29, 0.717) is 6.42 Å². The normalized spacial score (nSPS) is 24.2. The highest BCUT2D eigenvalue weighted by Crippen LogP contribution is 2.67. The van der Waals surface area contributed by atoms with Gasteiger partial charge in [-0.05, 0) is 6.42 Å². The molecule has 0 bridgehead atoms. The quantitative estimate of drug-likeness (QED) is 0.0363. The molecule has 0 aliphatic carbocycles. The number of nitrogens with zero attached hydrogens (tertiary/aromatic N) is 4. The SMILES string of the molecule is CP(=O)(O)CCCC#Cc1cn(C2CC(O)C(COP(=O)(O)OP(=O)(O)OP(=O)(O)O)O2)c(=O)nc1N.Nc1nc(=O)n(C2CC(O)C(COP(=O)(O)OP(=O)(O)OP(=O)(O)O)O2)cc1C#CCCOP(=O)(O)O. The van der Waals surface area contributed by atoms with Crippen LogP contribution in [0, 0.1) is 23.7 Å². The molecule has 11 unspecified atom stereocenters. The van der Waals surface area contributed by atoms with Crippen molar-refractivity contribution < 1.29 is 141 Å². The number of nitrogen functional groups attached to an aromatic ring is 2. The average molecular weight is 1230 g/mol. The third-order valence-electron chi connectivity index (χ3n) is 8.43. The topological polar surface area (TPSA) is 604 Å². The fourth-order valence-electron chi connectivity index (χ4n) is 5.57. The van der Waals surface area contributed by atoms with Gasteiger partial charge in [0, 0.05) is 50.9 Å². The lowest BCUT2D eigenvalue weighted by molar-refractivity contribution is -0.0450. The van der Waals surface area contributed by atoms with Crippen LogP contribution in [0.4, 0.5) is 11.6 Å². The van der Waals surface area contributed by atoms with Crippen LogP contribution >= 0.6 is 62.1 Å². The Kier molecular flexibility index (Phi) is 23.4. The highest BCUT2D eigenvalue weighted by atomic mass is 31.3. The van der Waals surface area contributed by atoms with E-state index in [1.807, 2.05) is 0 Å². The summed E-state index contributed by atoms with van der Waals surface area (Å²) in [5, 5.41) is 20.4. The molecule has 2 aliphatic rings. The van der Waals surface area contributed by atoms with Crippen molar-refractivity contribution in [3.63, 3.8) is 0 Å². The van der Waals surface area contributed by atoms with Crippen LogP contribution < -0.4 is 22.8 Å². The van der Waals surface area contributed by atoms with Gasteiger partial charge in [0.2, 0.25) is 0 Å². The molecule has 4 rings (SSSR count). The zero-order valence-corrected chi connectivity index (χ0v) is 44.2. The van der Waals surface area contributed by atoms with Gasteiger partial charge in [-0.3, -0.25) is 27.3 Å². The summed E-state index contributed by atoms with van der Waals surface area (Å²) in [7, 11) is -41.4. The van der Waals surface area contributed by atoms with Gasteiger partial charge in [0.05, 0.1) is 43.2 Å². The molecular formula is C28H46N6O32P8. The Morgan fingerprint density at radius 3 is 1.32 bits per heavy atom. The molecule has 46 heteroatoms. The van der Waals surface area contributed by atoms with Gasteiger partial charge in [-0.25, -0.2) is 41.5 Å². The van der Waals surface area contributed by atoms with Crippen molar-refractivity contribution in [1.29, 1.82) is 0 Å².